The molecular formula is C23H21NO5. The maximum Gasteiger partial charge on any atom is 0.309 e. The van der Waals surface area contributed by atoms with Gasteiger partial charge >= 0.3 is 5.97 Å². The average Bonchev–Trinajstić information content (AvgIpc) is 3.27. The lowest BCUT2D eigenvalue weighted by Crippen LogP contribution is -2.32. The lowest BCUT2D eigenvalue weighted by molar-refractivity contribution is -0.157. The first-order chi connectivity index (χ1) is 14.0. The van der Waals surface area contributed by atoms with E-state index in [0.717, 1.165) is 25.7 Å². The number of fused-ring (bicyclic) bond motifs is 2. The Morgan fingerprint density at radius 3 is 2.17 bits per heavy atom. The van der Waals surface area contributed by atoms with Crippen molar-refractivity contribution in [3.63, 3.8) is 0 Å². The number of hydrogen-bond acceptors (Lipinski definition) is 5. The Labute approximate surface area is 168 Å². The highest BCUT2D eigenvalue weighted by atomic mass is 16.5. The molecule has 1 fully saturated rings. The summed E-state index contributed by atoms with van der Waals surface area (Å²) >= 11 is 0. The van der Waals surface area contributed by atoms with Crippen LogP contribution in [0, 0.1) is 5.92 Å². The fourth-order valence-corrected chi connectivity index (χ4v) is 3.91. The van der Waals surface area contributed by atoms with E-state index >= 15 is 0 Å². The van der Waals surface area contributed by atoms with E-state index < -0.39 is 12.0 Å². The van der Waals surface area contributed by atoms with E-state index in [4.69, 9.17) is 4.74 Å². The van der Waals surface area contributed by atoms with Gasteiger partial charge in [-0.1, -0.05) is 37.1 Å². The summed E-state index contributed by atoms with van der Waals surface area (Å²) in [6, 6.07) is 11.3. The molecule has 1 N–H and O–H groups in total. The molecule has 0 radical (unpaired) electrons. The summed E-state index contributed by atoms with van der Waals surface area (Å²) in [5.74, 6) is -1.42. The zero-order valence-electron chi connectivity index (χ0n) is 16.1. The van der Waals surface area contributed by atoms with E-state index in [1.54, 1.807) is 30.3 Å². The molecule has 6 heteroatoms. The average molecular weight is 391 g/mol. The highest BCUT2D eigenvalue weighted by molar-refractivity contribution is 6.28. The Hall–Kier alpha value is -3.28. The molecule has 0 bridgehead atoms. The van der Waals surface area contributed by atoms with E-state index in [9.17, 15) is 19.2 Å². The molecule has 2 aliphatic rings. The Morgan fingerprint density at radius 1 is 0.931 bits per heavy atom. The van der Waals surface area contributed by atoms with Crippen molar-refractivity contribution >= 4 is 29.1 Å². The molecule has 2 aromatic carbocycles. The zero-order chi connectivity index (χ0) is 20.5. The molecule has 6 nitrogen and oxygen atoms in total. The number of esters is 1. The molecular weight excluding hydrogens is 370 g/mol. The SMILES string of the molecule is C[C@H](OC(=O)C1CCCC1)C(=O)Nc1ccc2c(c1)C(=O)c1ccccc1C2=O. The molecule has 1 atom stereocenters. The van der Waals surface area contributed by atoms with Crippen molar-refractivity contribution in [2.24, 2.45) is 5.92 Å². The van der Waals surface area contributed by atoms with Crippen LogP contribution in [0.1, 0.15) is 64.4 Å². The molecule has 148 valence electrons. The second kappa shape index (κ2) is 7.62. The van der Waals surface area contributed by atoms with Gasteiger partial charge in [0.25, 0.3) is 5.91 Å². The van der Waals surface area contributed by atoms with Gasteiger partial charge in [-0.25, -0.2) is 0 Å². The summed E-state index contributed by atoms with van der Waals surface area (Å²) in [6.45, 7) is 1.52. The van der Waals surface area contributed by atoms with E-state index in [1.807, 2.05) is 0 Å². The highest BCUT2D eigenvalue weighted by Gasteiger charge is 2.30. The smallest absolute Gasteiger partial charge is 0.309 e. The number of carbonyl (C=O) groups is 4. The number of ketones is 2. The summed E-state index contributed by atoms with van der Waals surface area (Å²) in [4.78, 5) is 50.0. The first-order valence-electron chi connectivity index (χ1n) is 9.79. The summed E-state index contributed by atoms with van der Waals surface area (Å²) in [5, 5.41) is 2.67. The lowest BCUT2D eigenvalue weighted by Gasteiger charge is -2.19. The quantitative estimate of drug-likeness (QED) is 0.688. The molecule has 1 amide bonds. The van der Waals surface area contributed by atoms with Crippen LogP contribution in [-0.2, 0) is 14.3 Å². The van der Waals surface area contributed by atoms with Crippen molar-refractivity contribution < 1.29 is 23.9 Å². The molecule has 29 heavy (non-hydrogen) atoms. The summed E-state index contributed by atoms with van der Waals surface area (Å²) in [7, 11) is 0. The topological polar surface area (TPSA) is 89.5 Å². The number of nitrogens with one attached hydrogen (secondary N) is 1. The Balaban J connectivity index is 1.49. The number of carbonyl (C=O) groups excluding carboxylic acids is 4. The normalized spacial score (nSPS) is 16.7. The molecule has 2 aliphatic carbocycles. The number of anilines is 1. The molecule has 0 spiro atoms. The molecule has 0 aromatic heterocycles. The van der Waals surface area contributed by atoms with Crippen molar-refractivity contribution in [1.82, 2.24) is 0 Å². The number of ether oxygens (including phenoxy) is 1. The van der Waals surface area contributed by atoms with Crippen LogP contribution in [0.3, 0.4) is 0 Å². The maximum atomic E-state index is 12.8. The van der Waals surface area contributed by atoms with Crippen LogP contribution in [0.2, 0.25) is 0 Å². The zero-order valence-corrected chi connectivity index (χ0v) is 16.1. The van der Waals surface area contributed by atoms with E-state index in [1.165, 1.54) is 19.1 Å². The van der Waals surface area contributed by atoms with E-state index in [-0.39, 0.29) is 29.0 Å². The Morgan fingerprint density at radius 2 is 1.52 bits per heavy atom. The van der Waals surface area contributed by atoms with Crippen LogP contribution in [-0.4, -0.2) is 29.5 Å². The van der Waals surface area contributed by atoms with Crippen LogP contribution >= 0.6 is 0 Å². The number of hydrogen-bond donors (Lipinski definition) is 1. The molecule has 0 saturated heterocycles. The van der Waals surface area contributed by atoms with Crippen LogP contribution < -0.4 is 5.32 Å². The standard InChI is InChI=1S/C23H21NO5/c1-13(29-23(28)14-6-2-3-7-14)22(27)24-15-10-11-18-19(12-15)21(26)17-9-5-4-8-16(17)20(18)25/h4-5,8-14H,2-3,6-7H2,1H3,(H,24,27)/t13-/m0/s1. The fraction of sp³-hybridized carbons (Fsp3) is 0.304. The maximum absolute atomic E-state index is 12.8. The second-order valence-corrected chi connectivity index (χ2v) is 7.51. The summed E-state index contributed by atoms with van der Waals surface area (Å²) in [5.41, 5.74) is 1.68. The van der Waals surface area contributed by atoms with Gasteiger partial charge in [0.1, 0.15) is 0 Å². The number of benzene rings is 2. The minimum Gasteiger partial charge on any atom is -0.452 e. The van der Waals surface area contributed by atoms with Crippen LogP contribution in [0.15, 0.2) is 42.5 Å². The second-order valence-electron chi connectivity index (χ2n) is 7.51. The van der Waals surface area contributed by atoms with Crippen molar-refractivity contribution in [3.8, 4) is 0 Å². The lowest BCUT2D eigenvalue weighted by atomic mass is 9.84. The largest absolute Gasteiger partial charge is 0.452 e. The Kier molecular flexibility index (Phi) is 5.01. The van der Waals surface area contributed by atoms with Gasteiger partial charge in [0.15, 0.2) is 17.7 Å². The summed E-state index contributed by atoms with van der Waals surface area (Å²) < 4.78 is 5.29. The monoisotopic (exact) mass is 391 g/mol. The van der Waals surface area contributed by atoms with Gasteiger partial charge < -0.3 is 10.1 Å². The minimum atomic E-state index is -0.947. The van der Waals surface area contributed by atoms with Crippen molar-refractivity contribution in [2.45, 2.75) is 38.7 Å². The molecule has 2 aromatic rings. The predicted molar refractivity (Wildman–Crippen MR) is 106 cm³/mol. The van der Waals surface area contributed by atoms with Crippen molar-refractivity contribution in [1.29, 1.82) is 0 Å². The molecule has 1 saturated carbocycles. The van der Waals surface area contributed by atoms with E-state index in [2.05, 4.69) is 5.32 Å². The summed E-state index contributed by atoms with van der Waals surface area (Å²) in [6.07, 6.45) is 2.67. The minimum absolute atomic E-state index is 0.127. The Bertz CT molecular complexity index is 1020. The number of amides is 1. The van der Waals surface area contributed by atoms with Gasteiger partial charge in [-0.2, -0.15) is 0 Å². The molecule has 0 heterocycles. The van der Waals surface area contributed by atoms with Gasteiger partial charge in [-0.05, 0) is 38.0 Å². The van der Waals surface area contributed by atoms with Gasteiger partial charge in [0.05, 0.1) is 5.92 Å². The van der Waals surface area contributed by atoms with Crippen LogP contribution in [0.4, 0.5) is 5.69 Å². The van der Waals surface area contributed by atoms with Crippen molar-refractivity contribution in [2.75, 3.05) is 5.32 Å². The van der Waals surface area contributed by atoms with E-state index in [0.29, 0.717) is 22.4 Å². The van der Waals surface area contributed by atoms with Gasteiger partial charge in [-0.15, -0.1) is 0 Å². The number of rotatable bonds is 4. The third kappa shape index (κ3) is 3.58. The van der Waals surface area contributed by atoms with Gasteiger partial charge in [0.2, 0.25) is 0 Å². The van der Waals surface area contributed by atoms with Crippen LogP contribution in [0.25, 0.3) is 0 Å². The first kappa shape index (κ1) is 19.1. The highest BCUT2D eigenvalue weighted by Crippen LogP contribution is 2.29. The fourth-order valence-electron chi connectivity index (χ4n) is 3.91. The third-order valence-electron chi connectivity index (χ3n) is 5.54. The van der Waals surface area contributed by atoms with Crippen molar-refractivity contribution in [3.05, 3.63) is 64.7 Å². The molecule has 4 rings (SSSR count). The molecule has 0 unspecified atom stereocenters. The van der Waals surface area contributed by atoms with Crippen LogP contribution in [0.5, 0.6) is 0 Å². The first-order valence-corrected chi connectivity index (χ1v) is 9.79. The van der Waals surface area contributed by atoms with Gasteiger partial charge in [0, 0.05) is 27.9 Å². The third-order valence-corrected chi connectivity index (χ3v) is 5.54. The van der Waals surface area contributed by atoms with Gasteiger partial charge in [-0.3, -0.25) is 19.2 Å². The predicted octanol–water partition coefficient (Wildman–Crippen LogP) is 3.52. The molecule has 0 aliphatic heterocycles.